The largest absolute Gasteiger partial charge is 0.489 e. The summed E-state index contributed by atoms with van der Waals surface area (Å²) in [5.74, 6) is -4.78. The molecule has 3 aliphatic heterocycles. The van der Waals surface area contributed by atoms with Crippen LogP contribution in [0.25, 0.3) is 6.08 Å². The molecule has 2 aromatic carbocycles. The van der Waals surface area contributed by atoms with E-state index < -0.39 is 71.0 Å². The lowest BCUT2D eigenvalue weighted by molar-refractivity contribution is -0.154. The number of ketones is 3. The molecule has 0 N–H and O–H groups in total. The molecule has 9 atom stereocenters. The second-order valence-corrected chi connectivity index (χ2v) is 12.3. The number of carbonyl (C=O) groups excluding carboxylic acids is 5. The highest BCUT2D eigenvalue weighted by Gasteiger charge is 2.78. The zero-order valence-electron chi connectivity index (χ0n) is 22.6. The topological polar surface area (TPSA) is 113 Å². The number of rotatable bonds is 4. The van der Waals surface area contributed by atoms with Gasteiger partial charge in [0.2, 0.25) is 0 Å². The monoisotopic (exact) mass is 564 g/mol. The average molecular weight is 565 g/mol. The maximum Gasteiger partial charge on any atom is 0.306 e. The van der Waals surface area contributed by atoms with E-state index in [1.165, 1.54) is 6.08 Å². The molecule has 0 aromatic heterocycles. The summed E-state index contributed by atoms with van der Waals surface area (Å²) < 4.78 is 18.3. The minimum Gasteiger partial charge on any atom is -0.489 e. The van der Waals surface area contributed by atoms with Gasteiger partial charge in [0.1, 0.15) is 29.5 Å². The van der Waals surface area contributed by atoms with Crippen LogP contribution in [0.1, 0.15) is 42.9 Å². The lowest BCUT2D eigenvalue weighted by atomic mass is 9.57. The van der Waals surface area contributed by atoms with Gasteiger partial charge in [0.05, 0.1) is 19.3 Å². The first-order chi connectivity index (χ1) is 20.4. The highest BCUT2D eigenvalue weighted by molar-refractivity contribution is 6.17. The summed E-state index contributed by atoms with van der Waals surface area (Å²) in [5, 5.41) is 0. The molecule has 2 bridgehead atoms. The Morgan fingerprint density at radius 1 is 0.810 bits per heavy atom. The fourth-order valence-electron chi connectivity index (χ4n) is 8.86. The maximum absolute atomic E-state index is 14.6. The summed E-state index contributed by atoms with van der Waals surface area (Å²) in [6, 6.07) is 18.7. The van der Waals surface area contributed by atoms with Crippen LogP contribution in [-0.2, 0) is 38.2 Å². The lowest BCUT2D eigenvalue weighted by Crippen LogP contribution is -2.54. The number of hydrogen-bond donors (Lipinski definition) is 0. The maximum atomic E-state index is 14.6. The van der Waals surface area contributed by atoms with Gasteiger partial charge < -0.3 is 14.2 Å². The second kappa shape index (κ2) is 9.08. The van der Waals surface area contributed by atoms with Crippen LogP contribution in [0.4, 0.5) is 0 Å². The van der Waals surface area contributed by atoms with Crippen LogP contribution in [0, 0.1) is 35.0 Å². The van der Waals surface area contributed by atoms with Gasteiger partial charge in [-0.05, 0) is 23.6 Å². The fraction of sp³-hybridized carbons (Fsp3) is 0.382. The molecule has 0 spiro atoms. The highest BCUT2D eigenvalue weighted by Crippen LogP contribution is 2.69. The van der Waals surface area contributed by atoms with Crippen LogP contribution in [-0.4, -0.2) is 41.5 Å². The van der Waals surface area contributed by atoms with Gasteiger partial charge in [-0.2, -0.15) is 0 Å². The van der Waals surface area contributed by atoms with Crippen molar-refractivity contribution in [2.75, 3.05) is 0 Å². The number of benzene rings is 2. The van der Waals surface area contributed by atoms with Crippen LogP contribution >= 0.6 is 0 Å². The first-order valence-electron chi connectivity index (χ1n) is 14.6. The molecule has 3 heterocycles. The second-order valence-electron chi connectivity index (χ2n) is 12.3. The predicted octanol–water partition coefficient (Wildman–Crippen LogP) is 3.95. The molecule has 6 aliphatic rings. The molecule has 212 valence electrons. The van der Waals surface area contributed by atoms with Gasteiger partial charge in [-0.1, -0.05) is 66.7 Å². The smallest absolute Gasteiger partial charge is 0.306 e. The number of ether oxygens (including phenoxy) is 3. The van der Waals surface area contributed by atoms with Crippen LogP contribution < -0.4 is 0 Å². The van der Waals surface area contributed by atoms with Crippen molar-refractivity contribution in [1.29, 1.82) is 0 Å². The molecule has 0 radical (unpaired) electrons. The molecule has 8 nitrogen and oxygen atoms in total. The van der Waals surface area contributed by atoms with Gasteiger partial charge in [-0.3, -0.25) is 24.0 Å². The summed E-state index contributed by atoms with van der Waals surface area (Å²) in [7, 11) is 0. The van der Waals surface area contributed by atoms with Gasteiger partial charge in [-0.25, -0.2) is 0 Å². The quantitative estimate of drug-likeness (QED) is 0.312. The Hall–Kier alpha value is -4.33. The van der Waals surface area contributed by atoms with Crippen molar-refractivity contribution < 1.29 is 38.2 Å². The summed E-state index contributed by atoms with van der Waals surface area (Å²) in [6.07, 6.45) is 1.42. The van der Waals surface area contributed by atoms with Crippen LogP contribution in [0.3, 0.4) is 0 Å². The Bertz CT molecular complexity index is 1610. The van der Waals surface area contributed by atoms with Crippen molar-refractivity contribution in [2.45, 2.75) is 44.0 Å². The third-order valence-corrected chi connectivity index (χ3v) is 10.4. The van der Waals surface area contributed by atoms with E-state index in [4.69, 9.17) is 14.2 Å². The predicted molar refractivity (Wildman–Crippen MR) is 146 cm³/mol. The van der Waals surface area contributed by atoms with Crippen molar-refractivity contribution in [1.82, 2.24) is 0 Å². The molecule has 42 heavy (non-hydrogen) atoms. The summed E-state index contributed by atoms with van der Waals surface area (Å²) in [4.78, 5) is 68.5. The Labute approximate surface area is 241 Å². The van der Waals surface area contributed by atoms with E-state index >= 15 is 0 Å². The summed E-state index contributed by atoms with van der Waals surface area (Å²) in [6.45, 7) is 0. The van der Waals surface area contributed by atoms with Crippen molar-refractivity contribution in [3.8, 4) is 0 Å². The molecule has 2 saturated heterocycles. The van der Waals surface area contributed by atoms with Crippen molar-refractivity contribution in [3.05, 3.63) is 89.2 Å². The molecule has 8 rings (SSSR count). The minimum atomic E-state index is -1.69. The van der Waals surface area contributed by atoms with Gasteiger partial charge in [-0.15, -0.1) is 0 Å². The Kier molecular flexibility index (Phi) is 5.49. The standard InChI is InChI=1S/C34H28O8/c35-22-16-23(18-9-5-2-6-10-18)41-32-28(22)19-14-26(37)42-31(19)29-20-13-24-21(15-27(38)40-24)34(30(29)32,33(20)39)25(36)12-11-17-7-3-1-4-8-17/h1-12,19-21,23-24,29-31H,13-16H2/b12-11+/t19-,20-,21+,23-,24+,29-,30+,31-,34-/m1/s1. The van der Waals surface area contributed by atoms with Crippen LogP contribution in [0.2, 0.25) is 0 Å². The molecule has 0 unspecified atom stereocenters. The SMILES string of the molecule is O=C1C[C@@H]2C3=C(O[C@@H](c4ccccc4)CC3=O)[C@@H]3[C@H]([C@@H]2O1)[C@H]1C[C@@H]2OC(=O)C[C@@H]2[C@]3(C(=O)/C=C/c2ccccc2)C1=O. The van der Waals surface area contributed by atoms with Gasteiger partial charge in [0.25, 0.3) is 0 Å². The number of fused-ring (bicyclic) bond motifs is 11. The number of Topliss-reactive ketones (excluding diaryl/α,β-unsaturated/α-hetero) is 2. The Morgan fingerprint density at radius 3 is 2.29 bits per heavy atom. The molecule has 3 aliphatic carbocycles. The number of esters is 2. The van der Waals surface area contributed by atoms with E-state index in [0.717, 1.165) is 11.1 Å². The van der Waals surface area contributed by atoms with Gasteiger partial charge in [0.15, 0.2) is 17.3 Å². The summed E-state index contributed by atoms with van der Waals surface area (Å²) in [5.41, 5.74) is 0.271. The number of allylic oxidation sites excluding steroid dienone is 2. The molecular formula is C34H28O8. The first-order valence-corrected chi connectivity index (χ1v) is 14.6. The van der Waals surface area contributed by atoms with Crippen molar-refractivity contribution in [2.24, 2.45) is 35.0 Å². The highest BCUT2D eigenvalue weighted by atomic mass is 16.6. The average Bonchev–Trinajstić information content (AvgIpc) is 3.62. The third kappa shape index (κ3) is 3.38. The zero-order valence-corrected chi connectivity index (χ0v) is 22.6. The fourth-order valence-corrected chi connectivity index (χ4v) is 8.86. The first kappa shape index (κ1) is 25.4. The van der Waals surface area contributed by atoms with Crippen LogP contribution in [0.15, 0.2) is 78.1 Å². The molecule has 4 fully saturated rings. The van der Waals surface area contributed by atoms with Gasteiger partial charge in [0, 0.05) is 35.2 Å². The van der Waals surface area contributed by atoms with E-state index in [9.17, 15) is 24.0 Å². The van der Waals surface area contributed by atoms with E-state index in [1.54, 1.807) is 6.08 Å². The van der Waals surface area contributed by atoms with E-state index in [0.29, 0.717) is 11.3 Å². The van der Waals surface area contributed by atoms with Crippen LogP contribution in [0.5, 0.6) is 0 Å². The Balaban J connectivity index is 1.33. The molecule has 0 amide bonds. The van der Waals surface area contributed by atoms with Gasteiger partial charge >= 0.3 is 11.9 Å². The lowest BCUT2D eigenvalue weighted by Gasteiger charge is -2.46. The molecular weight excluding hydrogens is 536 g/mol. The molecule has 8 heteroatoms. The van der Waals surface area contributed by atoms with Crippen molar-refractivity contribution in [3.63, 3.8) is 0 Å². The van der Waals surface area contributed by atoms with Crippen molar-refractivity contribution >= 4 is 35.4 Å². The normalized spacial score (nSPS) is 37.9. The Morgan fingerprint density at radius 2 is 1.52 bits per heavy atom. The van der Waals surface area contributed by atoms with E-state index in [1.807, 2.05) is 60.7 Å². The molecule has 2 aromatic rings. The summed E-state index contributed by atoms with van der Waals surface area (Å²) >= 11 is 0. The number of hydrogen-bond acceptors (Lipinski definition) is 8. The van der Waals surface area contributed by atoms with E-state index in [2.05, 4.69) is 0 Å². The van der Waals surface area contributed by atoms with E-state index in [-0.39, 0.29) is 37.2 Å². The third-order valence-electron chi connectivity index (χ3n) is 10.4. The zero-order chi connectivity index (χ0) is 28.7. The molecule has 2 saturated carbocycles. The number of carbonyl (C=O) groups is 5. The minimum absolute atomic E-state index is 0.0232.